The highest BCUT2D eigenvalue weighted by molar-refractivity contribution is 5.60. The van der Waals surface area contributed by atoms with Crippen molar-refractivity contribution in [3.8, 4) is 0 Å². The van der Waals surface area contributed by atoms with E-state index < -0.39 is 5.97 Å². The van der Waals surface area contributed by atoms with Crippen LogP contribution in [0.5, 0.6) is 0 Å². The Morgan fingerprint density at radius 2 is 2.13 bits per heavy atom. The highest BCUT2D eigenvalue weighted by Gasteiger charge is 2.06. The van der Waals surface area contributed by atoms with Crippen molar-refractivity contribution in [1.29, 1.82) is 0 Å². The maximum Gasteiger partial charge on any atom is 0.254 e. The fourth-order valence-electron chi connectivity index (χ4n) is 1.25. The van der Waals surface area contributed by atoms with Crippen molar-refractivity contribution in [2.75, 3.05) is 0 Å². The molecule has 0 amide bonds. The average Bonchev–Trinajstić information content (AvgIpc) is 2.60. The highest BCUT2D eigenvalue weighted by Crippen LogP contribution is 1.95. The van der Waals surface area contributed by atoms with Gasteiger partial charge < -0.3 is 9.90 Å². The number of nitrogens with one attached hydrogen (secondary N) is 1. The molecule has 1 aromatic heterocycles. The first-order valence-corrected chi connectivity index (χ1v) is 5.35. The number of unbranched alkanes of at least 4 members (excludes halogenated alkanes) is 1. The number of nitrogens with zero attached hydrogens (tertiary/aromatic N) is 1. The molecule has 0 saturated heterocycles. The molecule has 4 heteroatoms. The molecule has 1 N–H and O–H groups in total. The van der Waals surface area contributed by atoms with Crippen LogP contribution < -0.4 is 9.67 Å². The Balaban J connectivity index is 0.000000423. The van der Waals surface area contributed by atoms with Crippen LogP contribution in [-0.4, -0.2) is 11.0 Å². The van der Waals surface area contributed by atoms with Gasteiger partial charge >= 0.3 is 0 Å². The highest BCUT2D eigenvalue weighted by atomic mass is 16.4. The number of carboxylic acids is 1. The quantitative estimate of drug-likeness (QED) is 0.735. The Kier molecular flexibility index (Phi) is 7.32. The molecule has 0 bridgehead atoms. The normalized spacial score (nSPS) is 9.27. The minimum Gasteiger partial charge on any atom is -0.550 e. The third kappa shape index (κ3) is 6.71. The van der Waals surface area contributed by atoms with Crippen LogP contribution in [0.25, 0.3) is 0 Å². The number of carbonyl (C=O) groups is 1. The van der Waals surface area contributed by atoms with E-state index in [9.17, 15) is 0 Å². The first kappa shape index (κ1) is 13.7. The van der Waals surface area contributed by atoms with E-state index in [-0.39, 0.29) is 0 Å². The lowest BCUT2D eigenvalue weighted by Crippen LogP contribution is -2.34. The lowest BCUT2D eigenvalue weighted by molar-refractivity contribution is -0.699. The second kappa shape index (κ2) is 8.03. The molecule has 0 radical (unpaired) electrons. The zero-order valence-electron chi connectivity index (χ0n) is 9.75. The second-order valence-electron chi connectivity index (χ2n) is 3.29. The summed E-state index contributed by atoms with van der Waals surface area (Å²) in [6, 6.07) is 0. The maximum absolute atomic E-state index is 8.89. The number of H-pyrrole nitrogens is 1. The molecule has 0 aromatic carbocycles. The predicted molar refractivity (Wildman–Crippen MR) is 56.0 cm³/mol. The number of aromatic nitrogens is 2. The number of rotatable bonds is 4. The molecule has 0 atom stereocenters. The number of aryl methyl sites for hydroxylation is 2. The summed E-state index contributed by atoms with van der Waals surface area (Å²) in [4.78, 5) is 12.1. The van der Waals surface area contributed by atoms with Crippen LogP contribution in [0.2, 0.25) is 0 Å². The van der Waals surface area contributed by atoms with Crippen molar-refractivity contribution in [3.63, 3.8) is 0 Å². The summed E-state index contributed by atoms with van der Waals surface area (Å²) < 4.78 is 2.26. The van der Waals surface area contributed by atoms with Gasteiger partial charge in [0.05, 0.1) is 6.54 Å². The second-order valence-corrected chi connectivity index (χ2v) is 3.29. The molecule has 0 spiro atoms. The zero-order valence-corrected chi connectivity index (χ0v) is 9.75. The third-order valence-electron chi connectivity index (χ3n) is 1.96. The van der Waals surface area contributed by atoms with Gasteiger partial charge in [-0.05, 0) is 20.3 Å². The van der Waals surface area contributed by atoms with Gasteiger partial charge in [-0.2, -0.15) is 0 Å². The minimum absolute atomic E-state index is 0.972. The van der Waals surface area contributed by atoms with Crippen LogP contribution in [-0.2, 0) is 17.8 Å². The van der Waals surface area contributed by atoms with Crippen molar-refractivity contribution in [1.82, 2.24) is 4.98 Å². The van der Waals surface area contributed by atoms with E-state index in [2.05, 4.69) is 29.6 Å². The van der Waals surface area contributed by atoms with E-state index >= 15 is 0 Å². The Morgan fingerprint density at radius 3 is 2.60 bits per heavy atom. The SMILES string of the molecule is CC(=O)[O-].CCCCc1[nH]cc[n+]1CC. The Morgan fingerprint density at radius 1 is 1.53 bits per heavy atom. The van der Waals surface area contributed by atoms with Gasteiger partial charge in [0.2, 0.25) is 0 Å². The largest absolute Gasteiger partial charge is 0.550 e. The van der Waals surface area contributed by atoms with E-state index in [0.29, 0.717) is 0 Å². The van der Waals surface area contributed by atoms with Gasteiger partial charge in [-0.15, -0.1) is 0 Å². The van der Waals surface area contributed by atoms with Crippen LogP contribution in [0.15, 0.2) is 12.4 Å². The molecule has 0 saturated carbocycles. The molecule has 0 fully saturated rings. The molecule has 86 valence electrons. The van der Waals surface area contributed by atoms with E-state index in [4.69, 9.17) is 9.90 Å². The van der Waals surface area contributed by atoms with Crippen LogP contribution in [0.1, 0.15) is 39.4 Å². The number of hydrogen-bond acceptors (Lipinski definition) is 2. The molecule has 0 aliphatic rings. The smallest absolute Gasteiger partial charge is 0.254 e. The zero-order chi connectivity index (χ0) is 11.7. The summed E-state index contributed by atoms with van der Waals surface area (Å²) in [5, 5.41) is 8.89. The van der Waals surface area contributed by atoms with Gasteiger partial charge in [0.15, 0.2) is 0 Å². The number of aromatic amines is 1. The predicted octanol–water partition coefficient (Wildman–Crippen LogP) is 0.421. The molecule has 0 unspecified atom stereocenters. The standard InChI is InChI=1S/C9H16N2.C2H4O2/c1-3-5-6-9-10-7-8-11(9)4-2;1-2(3)4/h7-8H,3-6H2,1-2H3;1H3,(H,3,4). The van der Waals surface area contributed by atoms with Crippen molar-refractivity contribution < 1.29 is 14.5 Å². The average molecular weight is 212 g/mol. The van der Waals surface area contributed by atoms with Crippen LogP contribution >= 0.6 is 0 Å². The van der Waals surface area contributed by atoms with Crippen molar-refractivity contribution in [2.45, 2.75) is 46.6 Å². The fraction of sp³-hybridized carbons (Fsp3) is 0.636. The van der Waals surface area contributed by atoms with Gasteiger partial charge in [-0.1, -0.05) is 13.3 Å². The molecule has 1 aromatic rings. The topological polar surface area (TPSA) is 59.8 Å². The van der Waals surface area contributed by atoms with Crippen molar-refractivity contribution in [2.24, 2.45) is 0 Å². The van der Waals surface area contributed by atoms with Crippen molar-refractivity contribution >= 4 is 5.97 Å². The number of hydrogen-bond donors (Lipinski definition) is 1. The molecule has 0 aliphatic heterocycles. The molecular weight excluding hydrogens is 192 g/mol. The van der Waals surface area contributed by atoms with E-state index in [1.807, 2.05) is 6.20 Å². The molecule has 1 rings (SSSR count). The van der Waals surface area contributed by atoms with Gasteiger partial charge in [0.25, 0.3) is 5.82 Å². The summed E-state index contributed by atoms with van der Waals surface area (Å²) in [5.41, 5.74) is 0. The molecule has 4 nitrogen and oxygen atoms in total. The van der Waals surface area contributed by atoms with E-state index in [1.165, 1.54) is 25.1 Å². The molecule has 0 aliphatic carbocycles. The van der Waals surface area contributed by atoms with Crippen LogP contribution in [0.3, 0.4) is 0 Å². The summed E-state index contributed by atoms with van der Waals surface area (Å²) in [6.07, 6.45) is 7.83. The summed E-state index contributed by atoms with van der Waals surface area (Å²) in [6.45, 7) is 6.44. The summed E-state index contributed by atoms with van der Waals surface area (Å²) in [7, 11) is 0. The lowest BCUT2D eigenvalue weighted by atomic mass is 10.2. The van der Waals surface area contributed by atoms with Crippen LogP contribution in [0, 0.1) is 0 Å². The monoisotopic (exact) mass is 212 g/mol. The minimum atomic E-state index is -1.08. The first-order chi connectivity index (χ1) is 7.11. The first-order valence-electron chi connectivity index (χ1n) is 5.35. The Labute approximate surface area is 91.0 Å². The maximum atomic E-state index is 8.89. The van der Waals surface area contributed by atoms with Crippen LogP contribution in [0.4, 0.5) is 0 Å². The number of carboxylic acid groups (broad SMARTS) is 1. The lowest BCUT2D eigenvalue weighted by Gasteiger charge is -1.94. The van der Waals surface area contributed by atoms with Gasteiger partial charge in [-0.25, -0.2) is 9.55 Å². The van der Waals surface area contributed by atoms with E-state index in [1.54, 1.807) is 0 Å². The van der Waals surface area contributed by atoms with Gasteiger partial charge in [0, 0.05) is 12.4 Å². The third-order valence-corrected chi connectivity index (χ3v) is 1.96. The molecular formula is C11H20N2O2. The summed E-state index contributed by atoms with van der Waals surface area (Å²) >= 11 is 0. The number of carbonyl (C=O) groups excluding carboxylic acids is 1. The van der Waals surface area contributed by atoms with Gasteiger partial charge in [0.1, 0.15) is 12.4 Å². The van der Waals surface area contributed by atoms with Gasteiger partial charge in [-0.3, -0.25) is 0 Å². The molecule has 1 heterocycles. The summed E-state index contributed by atoms with van der Waals surface area (Å²) in [5.74, 6) is 0.273. The Hall–Kier alpha value is -1.32. The Bertz CT molecular complexity index is 278. The number of aliphatic carboxylic acids is 1. The van der Waals surface area contributed by atoms with E-state index in [0.717, 1.165) is 13.5 Å². The van der Waals surface area contributed by atoms with Crippen molar-refractivity contribution in [3.05, 3.63) is 18.2 Å². The fourth-order valence-corrected chi connectivity index (χ4v) is 1.25. The number of imidazole rings is 1. The molecule has 15 heavy (non-hydrogen) atoms.